The summed E-state index contributed by atoms with van der Waals surface area (Å²) < 4.78 is 25.6. The third kappa shape index (κ3) is 7.04. The van der Waals surface area contributed by atoms with Gasteiger partial charge in [-0.1, -0.05) is 111 Å². The molecule has 3 aliphatic heterocycles. The number of cyclic esters (lactones) is 4. The number of ether oxygens (including phenoxy) is 4. The van der Waals surface area contributed by atoms with Crippen molar-refractivity contribution in [3.8, 4) is 0 Å². The van der Waals surface area contributed by atoms with Gasteiger partial charge in [-0.05, 0) is 107 Å². The second-order valence-electron chi connectivity index (χ2n) is 17.1. The van der Waals surface area contributed by atoms with Crippen molar-refractivity contribution in [2.24, 2.45) is 10.8 Å². The lowest BCUT2D eigenvalue weighted by Gasteiger charge is -2.61. The van der Waals surface area contributed by atoms with Gasteiger partial charge < -0.3 is 23.8 Å². The number of rotatable bonds is 5. The van der Waals surface area contributed by atoms with Crippen LogP contribution >= 0.6 is 62.3 Å². The van der Waals surface area contributed by atoms with E-state index >= 15 is 19.2 Å². The van der Waals surface area contributed by atoms with Gasteiger partial charge >= 0.3 is 23.9 Å². The highest BCUT2D eigenvalue weighted by Gasteiger charge is 2.75. The molecule has 5 aromatic rings. The van der Waals surface area contributed by atoms with Crippen molar-refractivity contribution >= 4 is 91.9 Å². The van der Waals surface area contributed by atoms with Gasteiger partial charge in [0.25, 0.3) is 11.6 Å². The first-order chi connectivity index (χ1) is 29.9. The van der Waals surface area contributed by atoms with Crippen molar-refractivity contribution in [3.05, 3.63) is 179 Å². The first-order valence-corrected chi connectivity index (χ1v) is 22.4. The molecule has 3 heterocycles. The van der Waals surface area contributed by atoms with Crippen LogP contribution in [-0.4, -0.2) is 35.5 Å². The highest BCUT2D eigenvalue weighted by Crippen LogP contribution is 2.71. The predicted octanol–water partition coefficient (Wildman–Crippen LogP) is 12.3. The summed E-state index contributed by atoms with van der Waals surface area (Å²) in [5, 5.41) is 1.63. The number of hydrogen-bond donors (Lipinski definition) is 0. The molecule has 0 saturated carbocycles. The van der Waals surface area contributed by atoms with Gasteiger partial charge in [0.2, 0.25) is 0 Å². The number of hydrogen-bond acceptors (Lipinski definition) is 9. The van der Waals surface area contributed by atoms with E-state index in [4.69, 9.17) is 65.4 Å². The third-order valence-corrected chi connectivity index (χ3v) is 14.0. The Morgan fingerprint density at radius 1 is 0.492 bits per heavy atom. The molecule has 0 amide bonds. The Morgan fingerprint density at radius 3 is 1.25 bits per heavy atom. The van der Waals surface area contributed by atoms with Crippen molar-refractivity contribution in [1.29, 1.82) is 0 Å². The van der Waals surface area contributed by atoms with Crippen LogP contribution in [0.2, 0.25) is 20.1 Å². The molecule has 2 saturated heterocycles. The maximum Gasteiger partial charge on any atom is 0.330 e. The molecule has 1 aliphatic carbocycles. The maximum atomic E-state index is 15.7. The van der Waals surface area contributed by atoms with Gasteiger partial charge in [-0.25, -0.2) is 0 Å². The van der Waals surface area contributed by atoms with Crippen molar-refractivity contribution in [2.75, 3.05) is 4.90 Å². The zero-order valence-electron chi connectivity index (χ0n) is 34.2. The summed E-state index contributed by atoms with van der Waals surface area (Å²) >= 11 is 29.8. The molecule has 4 atom stereocenters. The third-order valence-electron chi connectivity index (χ3n) is 12.5. The molecule has 9 rings (SSSR count). The Morgan fingerprint density at radius 2 is 0.841 bits per heavy atom. The summed E-state index contributed by atoms with van der Waals surface area (Å²) in [6, 6.07) is 33.6. The average molecular weight is 991 g/mol. The fraction of sp³-hybridized carbons (Fsp3) is 0.265. The van der Waals surface area contributed by atoms with Crippen molar-refractivity contribution < 1.29 is 38.1 Å². The van der Waals surface area contributed by atoms with E-state index in [1.165, 1.54) is 27.7 Å². The number of halogens is 5. The van der Waals surface area contributed by atoms with Gasteiger partial charge in [-0.3, -0.25) is 19.2 Å². The van der Waals surface area contributed by atoms with E-state index in [0.717, 1.165) is 4.47 Å². The van der Waals surface area contributed by atoms with Crippen LogP contribution in [0.3, 0.4) is 0 Å². The monoisotopic (exact) mass is 987 g/mol. The Hall–Kier alpha value is -4.84. The summed E-state index contributed by atoms with van der Waals surface area (Å²) in [5.74, 6) is -10.4. The molecule has 63 heavy (non-hydrogen) atoms. The first-order valence-electron chi connectivity index (χ1n) is 20.1. The second-order valence-corrected chi connectivity index (χ2v) is 19.7. The number of carbonyl (C=O) groups is 4. The smallest absolute Gasteiger partial charge is 0.330 e. The normalized spacial score (nSPS) is 24.3. The van der Waals surface area contributed by atoms with Crippen LogP contribution in [0.15, 0.2) is 137 Å². The van der Waals surface area contributed by atoms with E-state index in [9.17, 15) is 0 Å². The molecule has 322 valence electrons. The molecule has 2 spiro atoms. The Labute approximate surface area is 392 Å². The van der Waals surface area contributed by atoms with E-state index in [2.05, 4.69) is 15.9 Å². The topological polar surface area (TPSA) is 108 Å². The van der Waals surface area contributed by atoms with Gasteiger partial charge in [0.1, 0.15) is 0 Å². The fourth-order valence-corrected chi connectivity index (χ4v) is 10.8. The molecule has 5 aromatic carbocycles. The SMILES string of the molecule is CC1(C)OC(=O)C2(C(=O)O1)[C@@H](c1ccc(Cl)cc1)C1=C(C[C@@H](c3ccc(Cl)cc3)C3(C(=O)OC(C)(C)OC3=O)[C@H]1c1ccc(Cl)cc1)N(c1ccc(Br)cc1)[C@H]2c1ccc(Cl)cc1. The molecule has 9 nitrogen and oxygen atoms in total. The van der Waals surface area contributed by atoms with E-state index in [1.807, 2.05) is 29.2 Å². The molecule has 0 unspecified atom stereocenters. The molecule has 14 heteroatoms. The number of esters is 4. The second kappa shape index (κ2) is 15.7. The van der Waals surface area contributed by atoms with Gasteiger partial charge in [0, 0.05) is 81.4 Å². The number of nitrogens with zero attached hydrogens (tertiary/aromatic N) is 1. The van der Waals surface area contributed by atoms with E-state index < -0.39 is 70.1 Å². The van der Waals surface area contributed by atoms with Crippen molar-refractivity contribution in [3.63, 3.8) is 0 Å². The highest BCUT2D eigenvalue weighted by molar-refractivity contribution is 9.10. The Kier molecular flexibility index (Phi) is 10.8. The summed E-state index contributed by atoms with van der Waals surface area (Å²) in [4.78, 5) is 64.5. The quantitative estimate of drug-likeness (QED) is 0.126. The van der Waals surface area contributed by atoms with Crippen LogP contribution in [0.4, 0.5) is 5.69 Å². The minimum absolute atomic E-state index is 0.0123. The minimum Gasteiger partial charge on any atom is -0.422 e. The van der Waals surface area contributed by atoms with E-state index in [0.29, 0.717) is 59.3 Å². The summed E-state index contributed by atoms with van der Waals surface area (Å²) in [6.07, 6.45) is -0.0123. The molecule has 2 fully saturated rings. The first kappa shape index (κ1) is 43.4. The van der Waals surface area contributed by atoms with Gasteiger partial charge in [-0.15, -0.1) is 0 Å². The summed E-state index contributed by atoms with van der Waals surface area (Å²) in [6.45, 7) is 5.96. The van der Waals surface area contributed by atoms with E-state index in [1.54, 1.807) is 97.1 Å². The summed E-state index contributed by atoms with van der Waals surface area (Å²) in [5.41, 5.74) is -0.917. The zero-order valence-corrected chi connectivity index (χ0v) is 38.8. The Balaban J connectivity index is 1.51. The van der Waals surface area contributed by atoms with Crippen LogP contribution in [0.1, 0.15) is 80.2 Å². The fourth-order valence-electron chi connectivity index (χ4n) is 10.1. The molecule has 0 radical (unpaired) electrons. The van der Waals surface area contributed by atoms with E-state index in [-0.39, 0.29) is 6.42 Å². The number of allylic oxidation sites excluding steroid dienone is 2. The lowest BCUT2D eigenvalue weighted by molar-refractivity contribution is -0.256. The molecule has 0 N–H and O–H groups in total. The minimum atomic E-state index is -2.29. The molecule has 0 aromatic heterocycles. The largest absolute Gasteiger partial charge is 0.422 e. The van der Waals surface area contributed by atoms with Gasteiger partial charge in [0.05, 0.1) is 6.04 Å². The Bertz CT molecular complexity index is 2610. The van der Waals surface area contributed by atoms with Crippen LogP contribution in [-0.2, 0) is 38.1 Å². The number of anilines is 1. The molecular weight excluding hydrogens is 952 g/mol. The predicted molar refractivity (Wildman–Crippen MR) is 242 cm³/mol. The number of benzene rings is 5. The zero-order chi connectivity index (χ0) is 44.8. The molecule has 0 bridgehead atoms. The van der Waals surface area contributed by atoms with Crippen LogP contribution in [0, 0.1) is 10.8 Å². The van der Waals surface area contributed by atoms with Crippen molar-refractivity contribution in [2.45, 2.75) is 69.5 Å². The van der Waals surface area contributed by atoms with Gasteiger partial charge in [-0.2, -0.15) is 0 Å². The summed E-state index contributed by atoms with van der Waals surface area (Å²) in [7, 11) is 0. The van der Waals surface area contributed by atoms with Crippen molar-refractivity contribution in [1.82, 2.24) is 0 Å². The average Bonchev–Trinajstić information content (AvgIpc) is 3.22. The standard InChI is InChI=1S/C49H38BrCl4NO8/c1-46(2)60-42(56)48(43(57)61-46)36(26-5-15-31(51)16-6-26)25-37-38(39(48)27-7-17-32(52)18-8-27)40(28-9-19-33(53)20-10-28)49(44(58)62-47(3,4)63-45(49)59)41(29-11-21-34(54)22-12-29)55(37)35-23-13-30(50)14-24-35/h5-24,36,39-41H,25H2,1-4H3/t36-,39-,40-,41-/m0/s1. The van der Waals surface area contributed by atoms with Crippen LogP contribution < -0.4 is 4.90 Å². The van der Waals surface area contributed by atoms with Crippen LogP contribution in [0.25, 0.3) is 0 Å². The maximum absolute atomic E-state index is 15.7. The lowest BCUT2D eigenvalue weighted by atomic mass is 9.48. The molecular formula is C49H38BrCl4NO8. The molecule has 4 aliphatic rings. The van der Waals surface area contributed by atoms with Crippen LogP contribution in [0.5, 0.6) is 0 Å². The van der Waals surface area contributed by atoms with Gasteiger partial charge in [0.15, 0.2) is 10.8 Å². The lowest BCUT2D eigenvalue weighted by Crippen LogP contribution is -2.67. The highest BCUT2D eigenvalue weighted by atomic mass is 79.9. The number of carbonyl (C=O) groups excluding carboxylic acids is 4.